The molecule has 1 saturated heterocycles. The molecule has 0 bridgehead atoms. The van der Waals surface area contributed by atoms with Crippen molar-refractivity contribution in [3.8, 4) is 0 Å². The summed E-state index contributed by atoms with van der Waals surface area (Å²) in [5, 5.41) is 12.6. The number of anilines is 1. The summed E-state index contributed by atoms with van der Waals surface area (Å²) in [6, 6.07) is 5.31. The number of ether oxygens (including phenoxy) is 1. The summed E-state index contributed by atoms with van der Waals surface area (Å²) >= 11 is 7.76. The second-order valence-electron chi connectivity index (χ2n) is 5.30. The predicted molar refractivity (Wildman–Crippen MR) is 86.6 cm³/mol. The number of thioether (sulfide) groups is 1. The fraction of sp³-hybridized carbons (Fsp3) is 0.467. The minimum absolute atomic E-state index is 0.315. The van der Waals surface area contributed by atoms with Gasteiger partial charge in [0.2, 0.25) is 0 Å². The van der Waals surface area contributed by atoms with E-state index in [-0.39, 0.29) is 5.91 Å². The zero-order chi connectivity index (χ0) is 16.3. The van der Waals surface area contributed by atoms with E-state index >= 15 is 0 Å². The lowest BCUT2D eigenvalue weighted by atomic mass is 10.2. The molecular formula is C15H18ClNO4S. The van der Waals surface area contributed by atoms with E-state index in [9.17, 15) is 9.59 Å². The summed E-state index contributed by atoms with van der Waals surface area (Å²) in [6.45, 7) is 4.08. The fourth-order valence-corrected chi connectivity index (χ4v) is 3.39. The number of nitrogens with one attached hydrogen (secondary N) is 1. The molecule has 1 aromatic rings. The molecule has 1 aliphatic rings. The maximum Gasteiger partial charge on any atom is 0.332 e. The lowest BCUT2D eigenvalue weighted by Crippen LogP contribution is -2.30. The molecule has 2 rings (SSSR count). The van der Waals surface area contributed by atoms with Gasteiger partial charge in [-0.2, -0.15) is 0 Å². The molecule has 0 radical (unpaired) electrons. The summed E-state index contributed by atoms with van der Waals surface area (Å²) in [4.78, 5) is 23.9. The van der Waals surface area contributed by atoms with Crippen LogP contribution in [0.2, 0.25) is 5.02 Å². The molecule has 0 aliphatic carbocycles. The van der Waals surface area contributed by atoms with Crippen LogP contribution in [0.3, 0.4) is 0 Å². The molecule has 2 N–H and O–H groups in total. The van der Waals surface area contributed by atoms with Crippen LogP contribution in [0.25, 0.3) is 0 Å². The monoisotopic (exact) mass is 343 g/mol. The van der Waals surface area contributed by atoms with E-state index < -0.39 is 18.2 Å². The number of hydrogen-bond donors (Lipinski definition) is 2. The SMILES string of the molecule is CC(C)Sc1c(Cl)cccc1NC(=O)[C@@H]1CC[C@H](C(=O)O)O1. The van der Waals surface area contributed by atoms with E-state index in [4.69, 9.17) is 21.4 Å². The summed E-state index contributed by atoms with van der Waals surface area (Å²) < 4.78 is 5.26. The second-order valence-corrected chi connectivity index (χ2v) is 7.30. The zero-order valence-corrected chi connectivity index (χ0v) is 13.9. The summed E-state index contributed by atoms with van der Waals surface area (Å²) in [6.07, 6.45) is -0.899. The number of carboxylic acids is 1. The Bertz CT molecular complexity index is 579. The van der Waals surface area contributed by atoms with E-state index in [2.05, 4.69) is 5.32 Å². The molecule has 22 heavy (non-hydrogen) atoms. The van der Waals surface area contributed by atoms with Crippen LogP contribution in [-0.4, -0.2) is 34.4 Å². The number of aliphatic carboxylic acids is 1. The standard InChI is InChI=1S/C15H18ClNO4S/c1-8(2)22-13-9(16)4-3-5-10(13)17-14(18)11-6-7-12(21-11)15(19)20/h3-5,8,11-12H,6-7H2,1-2H3,(H,17,18)(H,19,20)/t11-,12+/m0/s1. The number of rotatable bonds is 5. The van der Waals surface area contributed by atoms with Gasteiger partial charge in [0, 0.05) is 10.1 Å². The van der Waals surface area contributed by atoms with Crippen LogP contribution < -0.4 is 5.32 Å². The summed E-state index contributed by atoms with van der Waals surface area (Å²) in [7, 11) is 0. The Morgan fingerprint density at radius 2 is 2.05 bits per heavy atom. The molecule has 7 heteroatoms. The smallest absolute Gasteiger partial charge is 0.332 e. The molecule has 0 aromatic heterocycles. The van der Waals surface area contributed by atoms with E-state index in [0.717, 1.165) is 4.90 Å². The molecule has 120 valence electrons. The predicted octanol–water partition coefficient (Wildman–Crippen LogP) is 3.41. The first-order chi connectivity index (χ1) is 10.4. The topological polar surface area (TPSA) is 75.6 Å². The van der Waals surface area contributed by atoms with Crippen molar-refractivity contribution in [3.63, 3.8) is 0 Å². The van der Waals surface area contributed by atoms with Crippen LogP contribution in [0.15, 0.2) is 23.1 Å². The summed E-state index contributed by atoms with van der Waals surface area (Å²) in [5.41, 5.74) is 0.624. The molecule has 0 spiro atoms. The zero-order valence-electron chi connectivity index (χ0n) is 12.3. The number of carboxylic acid groups (broad SMARTS) is 1. The Balaban J connectivity index is 2.09. The molecule has 5 nitrogen and oxygen atoms in total. The van der Waals surface area contributed by atoms with Crippen LogP contribution in [0, 0.1) is 0 Å². The molecule has 1 aliphatic heterocycles. The molecule has 1 fully saturated rings. The highest BCUT2D eigenvalue weighted by molar-refractivity contribution is 8.00. The molecule has 0 saturated carbocycles. The van der Waals surface area contributed by atoms with Crippen molar-refractivity contribution in [2.24, 2.45) is 0 Å². The van der Waals surface area contributed by atoms with Crippen molar-refractivity contribution in [1.82, 2.24) is 0 Å². The van der Waals surface area contributed by atoms with Crippen molar-refractivity contribution in [1.29, 1.82) is 0 Å². The molecule has 0 unspecified atom stereocenters. The Morgan fingerprint density at radius 1 is 1.36 bits per heavy atom. The maximum absolute atomic E-state index is 12.3. The van der Waals surface area contributed by atoms with Crippen molar-refractivity contribution in [2.45, 2.75) is 49.0 Å². The van der Waals surface area contributed by atoms with Crippen LogP contribution >= 0.6 is 23.4 Å². The third kappa shape index (κ3) is 4.15. The third-order valence-corrected chi connectivity index (χ3v) is 4.74. The molecule has 1 amide bonds. The van der Waals surface area contributed by atoms with Gasteiger partial charge in [0.15, 0.2) is 6.10 Å². The largest absolute Gasteiger partial charge is 0.479 e. The average Bonchev–Trinajstić information content (AvgIpc) is 2.92. The van der Waals surface area contributed by atoms with Gasteiger partial charge < -0.3 is 15.2 Å². The van der Waals surface area contributed by atoms with Gasteiger partial charge in [-0.25, -0.2) is 4.79 Å². The third-order valence-electron chi connectivity index (χ3n) is 3.17. The first kappa shape index (κ1) is 17.1. The van der Waals surface area contributed by atoms with Crippen LogP contribution in [0.5, 0.6) is 0 Å². The van der Waals surface area contributed by atoms with Crippen molar-refractivity contribution in [3.05, 3.63) is 23.2 Å². The molecule has 2 atom stereocenters. The normalized spacial score (nSPS) is 21.1. The van der Waals surface area contributed by atoms with Gasteiger partial charge in [-0.1, -0.05) is 31.5 Å². The highest BCUT2D eigenvalue weighted by atomic mass is 35.5. The maximum atomic E-state index is 12.3. The number of carbonyl (C=O) groups excluding carboxylic acids is 1. The number of hydrogen-bond acceptors (Lipinski definition) is 4. The van der Waals surface area contributed by atoms with Gasteiger partial charge in [0.25, 0.3) is 5.91 Å². The quantitative estimate of drug-likeness (QED) is 0.801. The van der Waals surface area contributed by atoms with E-state index in [1.807, 2.05) is 13.8 Å². The Kier molecular flexibility index (Phi) is 5.72. The van der Waals surface area contributed by atoms with E-state index in [0.29, 0.717) is 28.8 Å². The lowest BCUT2D eigenvalue weighted by molar-refractivity contribution is -0.150. The first-order valence-corrected chi connectivity index (χ1v) is 8.28. The minimum Gasteiger partial charge on any atom is -0.479 e. The molecular weight excluding hydrogens is 326 g/mol. The van der Waals surface area contributed by atoms with Gasteiger partial charge in [-0.3, -0.25) is 4.79 Å². The second kappa shape index (κ2) is 7.35. The number of halogens is 1. The van der Waals surface area contributed by atoms with Crippen molar-refractivity contribution < 1.29 is 19.4 Å². The summed E-state index contributed by atoms with van der Waals surface area (Å²) in [5.74, 6) is -1.37. The van der Waals surface area contributed by atoms with Crippen molar-refractivity contribution in [2.75, 3.05) is 5.32 Å². The van der Waals surface area contributed by atoms with Crippen LogP contribution in [0.1, 0.15) is 26.7 Å². The van der Waals surface area contributed by atoms with Gasteiger partial charge in [-0.05, 0) is 25.0 Å². The number of benzene rings is 1. The Labute approximate surface area is 138 Å². The van der Waals surface area contributed by atoms with E-state index in [1.54, 1.807) is 30.0 Å². The van der Waals surface area contributed by atoms with Crippen LogP contribution in [-0.2, 0) is 14.3 Å². The van der Waals surface area contributed by atoms with E-state index in [1.165, 1.54) is 0 Å². The highest BCUT2D eigenvalue weighted by Gasteiger charge is 2.35. The first-order valence-electron chi connectivity index (χ1n) is 7.02. The van der Waals surface area contributed by atoms with Gasteiger partial charge in [0.1, 0.15) is 6.10 Å². The average molecular weight is 344 g/mol. The Morgan fingerprint density at radius 3 is 2.64 bits per heavy atom. The van der Waals surface area contributed by atoms with Crippen molar-refractivity contribution >= 4 is 40.9 Å². The van der Waals surface area contributed by atoms with Gasteiger partial charge >= 0.3 is 5.97 Å². The lowest BCUT2D eigenvalue weighted by Gasteiger charge is -2.16. The molecule has 1 aromatic carbocycles. The number of carbonyl (C=O) groups is 2. The minimum atomic E-state index is -1.03. The Hall–Kier alpha value is -1.24. The fourth-order valence-electron chi connectivity index (χ4n) is 2.19. The van der Waals surface area contributed by atoms with Gasteiger partial charge in [-0.15, -0.1) is 11.8 Å². The van der Waals surface area contributed by atoms with Crippen LogP contribution in [0.4, 0.5) is 5.69 Å². The number of amides is 1. The van der Waals surface area contributed by atoms with Gasteiger partial charge in [0.05, 0.1) is 10.7 Å². The highest BCUT2D eigenvalue weighted by Crippen LogP contribution is 2.37. The molecule has 1 heterocycles.